The molecule has 0 aliphatic heterocycles. The van der Waals surface area contributed by atoms with Crippen LogP contribution in [0.25, 0.3) is 11.3 Å². The zero-order valence-corrected chi connectivity index (χ0v) is 16.9. The molecule has 0 unspecified atom stereocenters. The minimum atomic E-state index is 0.139. The molecular weight excluding hydrogens is 445 g/mol. The van der Waals surface area contributed by atoms with E-state index in [2.05, 4.69) is 26.0 Å². The number of aromatic hydroxyl groups is 1. The Morgan fingerprint density at radius 2 is 2.00 bits per heavy atom. The normalized spacial score (nSPS) is 12.2. The molecule has 0 atom stereocenters. The maximum atomic E-state index is 9.98. The van der Waals surface area contributed by atoms with Gasteiger partial charge in [0.05, 0.1) is 16.9 Å². The largest absolute Gasteiger partial charge is 0.507 e. The van der Waals surface area contributed by atoms with Crippen LogP contribution in [0.3, 0.4) is 0 Å². The van der Waals surface area contributed by atoms with E-state index in [0.29, 0.717) is 20.4 Å². The van der Waals surface area contributed by atoms with Crippen molar-refractivity contribution >= 4 is 56.7 Å². The van der Waals surface area contributed by atoms with E-state index in [-0.39, 0.29) is 5.75 Å². The molecule has 1 heterocycles. The van der Waals surface area contributed by atoms with Crippen molar-refractivity contribution in [1.82, 2.24) is 4.68 Å². The Labute approximate surface area is 166 Å². The Balaban J connectivity index is 2.13. The van der Waals surface area contributed by atoms with Gasteiger partial charge in [-0.1, -0.05) is 39.1 Å². The van der Waals surface area contributed by atoms with E-state index in [4.69, 9.17) is 23.2 Å². The molecule has 128 valence electrons. The summed E-state index contributed by atoms with van der Waals surface area (Å²) in [5.41, 5.74) is 2.11. The predicted octanol–water partition coefficient (Wildman–Crippen LogP) is 5.40. The monoisotopic (exact) mass is 455 g/mol. The smallest absolute Gasteiger partial charge is 0.205 e. The Morgan fingerprint density at radius 3 is 2.76 bits per heavy atom. The molecule has 3 rings (SSSR count). The Kier molecular flexibility index (Phi) is 5.64. The predicted molar refractivity (Wildman–Crippen MR) is 108 cm³/mol. The van der Waals surface area contributed by atoms with Crippen molar-refractivity contribution in [3.05, 3.63) is 66.7 Å². The fourth-order valence-corrected chi connectivity index (χ4v) is 3.75. The molecule has 0 radical (unpaired) electrons. The molecule has 1 aromatic heterocycles. The standard InChI is InChI=1S/C17H12BrCl2N3OS/c1-21-17-23(22-8-10-6-11(18)2-5-16(10)24)15(9-25-17)13-7-12(19)3-4-14(13)20/h2-9,24H,1H3. The molecule has 3 aromatic rings. The van der Waals surface area contributed by atoms with Gasteiger partial charge in [0.15, 0.2) is 0 Å². The summed E-state index contributed by atoms with van der Waals surface area (Å²) >= 11 is 17.2. The summed E-state index contributed by atoms with van der Waals surface area (Å²) in [4.78, 5) is 4.93. The molecule has 0 aliphatic carbocycles. The van der Waals surface area contributed by atoms with Gasteiger partial charge in [-0.15, -0.1) is 11.3 Å². The number of hydrogen-bond acceptors (Lipinski definition) is 4. The fourth-order valence-electron chi connectivity index (χ4n) is 2.19. The highest BCUT2D eigenvalue weighted by atomic mass is 79.9. The third-order valence-electron chi connectivity index (χ3n) is 3.38. The molecular formula is C17H12BrCl2N3OS. The molecule has 0 aliphatic rings. The molecule has 0 bridgehead atoms. The molecule has 0 saturated carbocycles. The maximum absolute atomic E-state index is 9.98. The zero-order valence-electron chi connectivity index (χ0n) is 12.9. The number of phenols is 1. The van der Waals surface area contributed by atoms with Gasteiger partial charge in [-0.05, 0) is 36.4 Å². The van der Waals surface area contributed by atoms with Crippen LogP contribution in [-0.2, 0) is 0 Å². The second-order valence-electron chi connectivity index (χ2n) is 5.01. The topological polar surface area (TPSA) is 49.9 Å². The summed E-state index contributed by atoms with van der Waals surface area (Å²) in [7, 11) is 1.69. The van der Waals surface area contributed by atoms with Gasteiger partial charge in [-0.3, -0.25) is 4.99 Å². The highest BCUT2D eigenvalue weighted by Crippen LogP contribution is 2.31. The summed E-state index contributed by atoms with van der Waals surface area (Å²) in [6.07, 6.45) is 1.57. The van der Waals surface area contributed by atoms with Crippen LogP contribution in [0.15, 0.2) is 56.3 Å². The SMILES string of the molecule is CN=c1scc(-c2cc(Cl)ccc2Cl)n1N=Cc1cc(Br)ccc1O. The number of nitrogens with zero attached hydrogens (tertiary/aromatic N) is 3. The first-order valence-electron chi connectivity index (χ1n) is 7.11. The Hall–Kier alpha value is -1.60. The average Bonchev–Trinajstić information content (AvgIpc) is 3.00. The zero-order chi connectivity index (χ0) is 18.0. The van der Waals surface area contributed by atoms with Crippen LogP contribution < -0.4 is 4.80 Å². The van der Waals surface area contributed by atoms with Crippen LogP contribution in [0.5, 0.6) is 5.75 Å². The van der Waals surface area contributed by atoms with Gasteiger partial charge in [-0.25, -0.2) is 4.68 Å². The van der Waals surface area contributed by atoms with Crippen molar-refractivity contribution in [1.29, 1.82) is 0 Å². The van der Waals surface area contributed by atoms with E-state index < -0.39 is 0 Å². The third kappa shape index (κ3) is 3.98. The second-order valence-corrected chi connectivity index (χ2v) is 7.61. The van der Waals surface area contributed by atoms with Crippen molar-refractivity contribution in [3.63, 3.8) is 0 Å². The number of halogens is 3. The Bertz CT molecular complexity index is 1030. The fraction of sp³-hybridized carbons (Fsp3) is 0.0588. The van der Waals surface area contributed by atoms with E-state index in [0.717, 1.165) is 15.7 Å². The van der Waals surface area contributed by atoms with Gasteiger partial charge in [0, 0.05) is 33.0 Å². The number of rotatable bonds is 3. The number of phenolic OH excluding ortho intramolecular Hbond substituents is 1. The summed E-state index contributed by atoms with van der Waals surface area (Å²) in [5.74, 6) is 0.139. The van der Waals surface area contributed by atoms with Crippen molar-refractivity contribution in [2.45, 2.75) is 0 Å². The van der Waals surface area contributed by atoms with Gasteiger partial charge in [0.2, 0.25) is 4.80 Å². The van der Waals surface area contributed by atoms with Crippen LogP contribution >= 0.6 is 50.5 Å². The van der Waals surface area contributed by atoms with Gasteiger partial charge in [-0.2, -0.15) is 5.10 Å². The average molecular weight is 457 g/mol. The molecule has 8 heteroatoms. The summed E-state index contributed by atoms with van der Waals surface area (Å²) in [6, 6.07) is 10.4. The molecule has 1 N–H and O–H groups in total. The van der Waals surface area contributed by atoms with Gasteiger partial charge < -0.3 is 5.11 Å². The lowest BCUT2D eigenvalue weighted by Gasteiger charge is -2.06. The maximum Gasteiger partial charge on any atom is 0.205 e. The molecule has 0 saturated heterocycles. The van der Waals surface area contributed by atoms with Crippen molar-refractivity contribution in [3.8, 4) is 17.0 Å². The quantitative estimate of drug-likeness (QED) is 0.526. The second kappa shape index (κ2) is 7.74. The minimum Gasteiger partial charge on any atom is -0.507 e. The summed E-state index contributed by atoms with van der Waals surface area (Å²) < 4.78 is 2.52. The van der Waals surface area contributed by atoms with E-state index in [1.165, 1.54) is 11.3 Å². The molecule has 25 heavy (non-hydrogen) atoms. The lowest BCUT2D eigenvalue weighted by Crippen LogP contribution is -2.11. The first-order chi connectivity index (χ1) is 12.0. The van der Waals surface area contributed by atoms with E-state index in [1.54, 1.807) is 54.3 Å². The number of benzene rings is 2. The number of thiazole rings is 1. The lowest BCUT2D eigenvalue weighted by atomic mass is 10.2. The molecule has 2 aromatic carbocycles. The van der Waals surface area contributed by atoms with Gasteiger partial charge in [0.1, 0.15) is 5.75 Å². The molecule has 0 fully saturated rings. The van der Waals surface area contributed by atoms with Gasteiger partial charge >= 0.3 is 0 Å². The molecule has 0 amide bonds. The minimum absolute atomic E-state index is 0.139. The van der Waals surface area contributed by atoms with Crippen molar-refractivity contribution in [2.24, 2.45) is 10.1 Å². The highest BCUT2D eigenvalue weighted by molar-refractivity contribution is 9.10. The van der Waals surface area contributed by atoms with Gasteiger partial charge in [0.25, 0.3) is 0 Å². The van der Waals surface area contributed by atoms with Crippen LogP contribution in [0.1, 0.15) is 5.56 Å². The third-order valence-corrected chi connectivity index (χ3v) is 5.35. The molecule has 4 nitrogen and oxygen atoms in total. The molecule has 0 spiro atoms. The van der Waals surface area contributed by atoms with E-state index in [1.807, 2.05) is 5.38 Å². The van der Waals surface area contributed by atoms with Crippen LogP contribution in [0.2, 0.25) is 10.0 Å². The lowest BCUT2D eigenvalue weighted by molar-refractivity contribution is 0.474. The Morgan fingerprint density at radius 1 is 1.20 bits per heavy atom. The number of aromatic nitrogens is 1. The van der Waals surface area contributed by atoms with E-state index >= 15 is 0 Å². The van der Waals surface area contributed by atoms with Crippen molar-refractivity contribution in [2.75, 3.05) is 7.05 Å². The van der Waals surface area contributed by atoms with Crippen LogP contribution in [0, 0.1) is 0 Å². The highest BCUT2D eigenvalue weighted by Gasteiger charge is 2.11. The van der Waals surface area contributed by atoms with Crippen LogP contribution in [0.4, 0.5) is 0 Å². The first kappa shape index (κ1) is 18.2. The summed E-state index contributed by atoms with van der Waals surface area (Å²) in [6.45, 7) is 0. The number of hydrogen-bond donors (Lipinski definition) is 1. The van der Waals surface area contributed by atoms with Crippen LogP contribution in [-0.4, -0.2) is 23.0 Å². The van der Waals surface area contributed by atoms with Crippen molar-refractivity contribution < 1.29 is 5.11 Å². The first-order valence-corrected chi connectivity index (χ1v) is 9.54. The van der Waals surface area contributed by atoms with E-state index in [9.17, 15) is 5.11 Å². The summed E-state index contributed by atoms with van der Waals surface area (Å²) in [5, 5.41) is 17.5.